The van der Waals surface area contributed by atoms with Crippen molar-refractivity contribution < 1.29 is 4.74 Å². The normalized spacial score (nSPS) is 11.0. The van der Waals surface area contributed by atoms with Gasteiger partial charge in [0.05, 0.1) is 23.8 Å². The lowest BCUT2D eigenvalue weighted by Gasteiger charge is -1.99. The maximum absolute atomic E-state index is 6.00. The van der Waals surface area contributed by atoms with E-state index in [2.05, 4.69) is 20.2 Å². The second kappa shape index (κ2) is 5.44. The van der Waals surface area contributed by atoms with Gasteiger partial charge in [-0.3, -0.25) is 5.10 Å². The SMILES string of the molecule is COc1ccc(-c2cc(-c3nc4ccc(Cl)cc4[nH]3)[nH]n2)cc1. The number of ether oxygens (including phenoxy) is 1. The van der Waals surface area contributed by atoms with E-state index >= 15 is 0 Å². The summed E-state index contributed by atoms with van der Waals surface area (Å²) in [5.74, 6) is 1.55. The molecule has 2 heterocycles. The van der Waals surface area contributed by atoms with Crippen LogP contribution >= 0.6 is 11.6 Å². The molecule has 2 aromatic heterocycles. The van der Waals surface area contributed by atoms with E-state index in [1.165, 1.54) is 0 Å². The summed E-state index contributed by atoms with van der Waals surface area (Å²) in [4.78, 5) is 7.80. The van der Waals surface area contributed by atoms with Crippen molar-refractivity contribution in [3.8, 4) is 28.5 Å². The summed E-state index contributed by atoms with van der Waals surface area (Å²) in [6.45, 7) is 0. The predicted molar refractivity (Wildman–Crippen MR) is 90.7 cm³/mol. The summed E-state index contributed by atoms with van der Waals surface area (Å²) in [7, 11) is 1.65. The van der Waals surface area contributed by atoms with Crippen molar-refractivity contribution in [2.45, 2.75) is 0 Å². The molecular formula is C17H13ClN4O. The van der Waals surface area contributed by atoms with Gasteiger partial charge in [-0.2, -0.15) is 5.10 Å². The molecule has 2 N–H and O–H groups in total. The van der Waals surface area contributed by atoms with Gasteiger partial charge in [-0.05, 0) is 48.5 Å². The molecule has 4 aromatic rings. The minimum Gasteiger partial charge on any atom is -0.497 e. The lowest BCUT2D eigenvalue weighted by Crippen LogP contribution is -1.82. The van der Waals surface area contributed by atoms with Crippen LogP contribution in [-0.2, 0) is 0 Å². The van der Waals surface area contributed by atoms with Crippen LogP contribution < -0.4 is 4.74 Å². The second-order valence-electron chi connectivity index (χ2n) is 5.14. The molecule has 0 aliphatic rings. The molecule has 2 aromatic carbocycles. The summed E-state index contributed by atoms with van der Waals surface area (Å²) in [6.07, 6.45) is 0. The Morgan fingerprint density at radius 2 is 1.87 bits per heavy atom. The van der Waals surface area contributed by atoms with Gasteiger partial charge in [-0.25, -0.2) is 4.98 Å². The number of halogens is 1. The summed E-state index contributed by atoms with van der Waals surface area (Å²) in [5, 5.41) is 8.05. The topological polar surface area (TPSA) is 66.6 Å². The highest BCUT2D eigenvalue weighted by Gasteiger charge is 2.10. The average Bonchev–Trinajstić information content (AvgIpc) is 3.21. The zero-order chi connectivity index (χ0) is 15.8. The molecule has 0 aliphatic carbocycles. The van der Waals surface area contributed by atoms with E-state index in [1.54, 1.807) is 7.11 Å². The van der Waals surface area contributed by atoms with Crippen molar-refractivity contribution in [3.63, 3.8) is 0 Å². The van der Waals surface area contributed by atoms with Crippen molar-refractivity contribution in [1.29, 1.82) is 0 Å². The van der Waals surface area contributed by atoms with Crippen LogP contribution in [0.5, 0.6) is 5.75 Å². The molecule has 0 saturated carbocycles. The van der Waals surface area contributed by atoms with Gasteiger partial charge < -0.3 is 9.72 Å². The van der Waals surface area contributed by atoms with Gasteiger partial charge in [-0.15, -0.1) is 0 Å². The first-order valence-corrected chi connectivity index (χ1v) is 7.46. The monoisotopic (exact) mass is 324 g/mol. The molecule has 0 amide bonds. The van der Waals surface area contributed by atoms with Crippen molar-refractivity contribution >= 4 is 22.6 Å². The number of fused-ring (bicyclic) bond motifs is 1. The Morgan fingerprint density at radius 3 is 2.65 bits per heavy atom. The molecule has 0 bridgehead atoms. The number of nitrogens with one attached hydrogen (secondary N) is 2. The van der Waals surface area contributed by atoms with Gasteiger partial charge in [0.25, 0.3) is 0 Å². The van der Waals surface area contributed by atoms with Crippen molar-refractivity contribution in [2.75, 3.05) is 7.11 Å². The third-order valence-electron chi connectivity index (χ3n) is 3.66. The molecule has 0 fully saturated rings. The predicted octanol–water partition coefficient (Wildman–Crippen LogP) is 4.28. The van der Waals surface area contributed by atoms with E-state index in [4.69, 9.17) is 16.3 Å². The maximum atomic E-state index is 6.00. The van der Waals surface area contributed by atoms with Crippen LogP contribution in [0.4, 0.5) is 0 Å². The van der Waals surface area contributed by atoms with Crippen LogP contribution in [0.1, 0.15) is 0 Å². The maximum Gasteiger partial charge on any atom is 0.156 e. The van der Waals surface area contributed by atoms with Crippen LogP contribution in [0.25, 0.3) is 33.8 Å². The first kappa shape index (κ1) is 13.8. The minimum absolute atomic E-state index is 0.677. The Morgan fingerprint density at radius 1 is 1.04 bits per heavy atom. The standard InChI is InChI=1S/C17H13ClN4O/c1-23-12-5-2-10(3-6-12)14-9-16(22-21-14)17-19-13-7-4-11(18)8-15(13)20-17/h2-9H,1H3,(H,19,20)(H,21,22). The van der Waals surface area contributed by atoms with Crippen molar-refractivity contribution in [1.82, 2.24) is 20.2 Å². The van der Waals surface area contributed by atoms with Gasteiger partial charge in [0.1, 0.15) is 11.4 Å². The Bertz CT molecular complexity index is 972. The molecule has 4 rings (SSSR count). The number of hydrogen-bond donors (Lipinski definition) is 2. The molecule has 0 aliphatic heterocycles. The fourth-order valence-corrected chi connectivity index (χ4v) is 2.63. The van der Waals surface area contributed by atoms with E-state index in [9.17, 15) is 0 Å². The van der Waals surface area contributed by atoms with Crippen molar-refractivity contribution in [3.05, 3.63) is 53.6 Å². The lowest BCUT2D eigenvalue weighted by atomic mass is 10.1. The molecule has 23 heavy (non-hydrogen) atoms. The Hall–Kier alpha value is -2.79. The minimum atomic E-state index is 0.677. The fraction of sp³-hybridized carbons (Fsp3) is 0.0588. The van der Waals surface area contributed by atoms with Gasteiger partial charge >= 0.3 is 0 Å². The Labute approximate surface area is 137 Å². The molecule has 114 valence electrons. The van der Waals surface area contributed by atoms with Gasteiger partial charge in [0.2, 0.25) is 0 Å². The van der Waals surface area contributed by atoms with Crippen LogP contribution in [0.2, 0.25) is 5.02 Å². The quantitative estimate of drug-likeness (QED) is 0.591. The average molecular weight is 325 g/mol. The number of aromatic nitrogens is 4. The smallest absolute Gasteiger partial charge is 0.156 e. The number of aromatic amines is 2. The third-order valence-corrected chi connectivity index (χ3v) is 3.90. The molecule has 0 atom stereocenters. The highest BCUT2D eigenvalue weighted by molar-refractivity contribution is 6.31. The van der Waals surface area contributed by atoms with E-state index in [0.29, 0.717) is 5.02 Å². The zero-order valence-corrected chi connectivity index (χ0v) is 13.1. The summed E-state index contributed by atoms with van der Waals surface area (Å²) in [6, 6.07) is 15.3. The van der Waals surface area contributed by atoms with Crippen molar-refractivity contribution in [2.24, 2.45) is 0 Å². The molecule has 0 radical (unpaired) electrons. The van der Waals surface area contributed by atoms with Crippen LogP contribution in [0, 0.1) is 0 Å². The van der Waals surface area contributed by atoms with E-state index < -0.39 is 0 Å². The number of hydrogen-bond acceptors (Lipinski definition) is 3. The van der Waals surface area contributed by atoms with Crippen LogP contribution in [0.15, 0.2) is 48.5 Å². The summed E-state index contributed by atoms with van der Waals surface area (Å²) in [5.41, 5.74) is 4.44. The van der Waals surface area contributed by atoms with E-state index in [0.717, 1.165) is 39.6 Å². The lowest BCUT2D eigenvalue weighted by molar-refractivity contribution is 0.415. The third kappa shape index (κ3) is 2.55. The van der Waals surface area contributed by atoms with Crippen LogP contribution in [0.3, 0.4) is 0 Å². The zero-order valence-electron chi connectivity index (χ0n) is 12.3. The first-order chi connectivity index (χ1) is 11.2. The number of imidazole rings is 1. The second-order valence-corrected chi connectivity index (χ2v) is 5.58. The van der Waals surface area contributed by atoms with Gasteiger partial charge in [0.15, 0.2) is 5.82 Å². The summed E-state index contributed by atoms with van der Waals surface area (Å²) >= 11 is 6.00. The number of rotatable bonds is 3. The molecule has 0 spiro atoms. The molecule has 0 unspecified atom stereocenters. The van der Waals surface area contributed by atoms with Gasteiger partial charge in [-0.1, -0.05) is 11.6 Å². The highest BCUT2D eigenvalue weighted by atomic mass is 35.5. The molecule has 6 heteroatoms. The van der Waals surface area contributed by atoms with E-state index in [1.807, 2.05) is 48.5 Å². The number of benzene rings is 2. The van der Waals surface area contributed by atoms with Gasteiger partial charge in [0, 0.05) is 10.6 Å². The summed E-state index contributed by atoms with van der Waals surface area (Å²) < 4.78 is 5.17. The highest BCUT2D eigenvalue weighted by Crippen LogP contribution is 2.26. The molecule has 0 saturated heterocycles. The number of nitrogens with zero attached hydrogens (tertiary/aromatic N) is 2. The first-order valence-electron chi connectivity index (χ1n) is 7.08. The molecule has 5 nitrogen and oxygen atoms in total. The Balaban J connectivity index is 1.70. The largest absolute Gasteiger partial charge is 0.497 e. The fourth-order valence-electron chi connectivity index (χ4n) is 2.46. The van der Waals surface area contributed by atoms with E-state index in [-0.39, 0.29) is 0 Å². The number of H-pyrrole nitrogens is 2. The Kier molecular flexibility index (Phi) is 3.28. The number of methoxy groups -OCH3 is 1. The molecular weight excluding hydrogens is 312 g/mol. The van der Waals surface area contributed by atoms with Crippen LogP contribution in [-0.4, -0.2) is 27.3 Å².